The van der Waals surface area contributed by atoms with Gasteiger partial charge in [0.15, 0.2) is 5.76 Å². The van der Waals surface area contributed by atoms with E-state index in [-0.39, 0.29) is 23.6 Å². The van der Waals surface area contributed by atoms with Crippen LogP contribution in [0, 0.1) is 0 Å². The summed E-state index contributed by atoms with van der Waals surface area (Å²) in [5.41, 5.74) is 0. The molecule has 1 aliphatic heterocycles. The number of carbonyl (C=O) groups is 2. The van der Waals surface area contributed by atoms with Crippen molar-refractivity contribution in [3.63, 3.8) is 0 Å². The summed E-state index contributed by atoms with van der Waals surface area (Å²) in [4.78, 5) is 23.8. The zero-order valence-corrected chi connectivity index (χ0v) is 11.8. The van der Waals surface area contributed by atoms with Gasteiger partial charge in [-0.15, -0.1) is 0 Å². The molecule has 1 fully saturated rings. The van der Waals surface area contributed by atoms with Gasteiger partial charge in [-0.3, -0.25) is 9.59 Å². The molecule has 2 amide bonds. The van der Waals surface area contributed by atoms with Crippen LogP contribution in [-0.2, 0) is 4.79 Å². The van der Waals surface area contributed by atoms with Crippen molar-refractivity contribution in [3.8, 4) is 0 Å². The zero-order chi connectivity index (χ0) is 14.5. The van der Waals surface area contributed by atoms with Gasteiger partial charge in [0.05, 0.1) is 6.26 Å². The lowest BCUT2D eigenvalue weighted by molar-refractivity contribution is -0.123. The Kier molecular flexibility index (Phi) is 4.79. The Labute approximate surface area is 118 Å². The van der Waals surface area contributed by atoms with E-state index in [2.05, 4.69) is 22.9 Å². The van der Waals surface area contributed by atoms with Gasteiger partial charge in [0, 0.05) is 12.1 Å². The highest BCUT2D eigenvalue weighted by atomic mass is 16.3. The van der Waals surface area contributed by atoms with Crippen LogP contribution < -0.4 is 16.0 Å². The van der Waals surface area contributed by atoms with Gasteiger partial charge in [-0.1, -0.05) is 0 Å². The average Bonchev–Trinajstić information content (AvgIpc) is 2.92. The molecule has 1 aromatic heterocycles. The van der Waals surface area contributed by atoms with Crippen molar-refractivity contribution in [1.82, 2.24) is 16.0 Å². The monoisotopic (exact) mass is 279 g/mol. The largest absolute Gasteiger partial charge is 0.459 e. The normalized spacial score (nSPS) is 23.9. The van der Waals surface area contributed by atoms with E-state index in [0.29, 0.717) is 6.04 Å². The van der Waals surface area contributed by atoms with E-state index in [1.165, 1.54) is 6.26 Å². The third kappa shape index (κ3) is 3.84. The second-order valence-electron chi connectivity index (χ2n) is 5.26. The first-order valence-electron chi connectivity index (χ1n) is 6.94. The smallest absolute Gasteiger partial charge is 0.287 e. The van der Waals surface area contributed by atoms with Crippen LogP contribution >= 0.6 is 0 Å². The van der Waals surface area contributed by atoms with Crippen LogP contribution in [0.5, 0.6) is 0 Å². The molecule has 0 spiro atoms. The summed E-state index contributed by atoms with van der Waals surface area (Å²) in [7, 11) is 0. The number of nitrogens with one attached hydrogen (secondary N) is 3. The summed E-state index contributed by atoms with van der Waals surface area (Å²) in [5.74, 6) is -0.333. The van der Waals surface area contributed by atoms with Gasteiger partial charge in [-0.25, -0.2) is 0 Å². The minimum atomic E-state index is -0.585. The molecular weight excluding hydrogens is 258 g/mol. The third-order valence-corrected chi connectivity index (χ3v) is 3.46. The quantitative estimate of drug-likeness (QED) is 0.756. The molecule has 0 saturated carbocycles. The molecule has 0 radical (unpaired) electrons. The number of hydrogen-bond donors (Lipinski definition) is 3. The van der Waals surface area contributed by atoms with E-state index in [9.17, 15) is 9.59 Å². The van der Waals surface area contributed by atoms with E-state index in [0.717, 1.165) is 19.4 Å². The lowest BCUT2D eigenvalue weighted by atomic mass is 10.0. The first-order valence-corrected chi connectivity index (χ1v) is 6.94. The van der Waals surface area contributed by atoms with E-state index in [1.54, 1.807) is 19.1 Å². The van der Waals surface area contributed by atoms with Crippen molar-refractivity contribution >= 4 is 11.8 Å². The number of rotatable bonds is 4. The average molecular weight is 279 g/mol. The van der Waals surface area contributed by atoms with Crippen LogP contribution in [0.1, 0.15) is 37.2 Å². The molecule has 3 N–H and O–H groups in total. The molecule has 3 atom stereocenters. The summed E-state index contributed by atoms with van der Waals surface area (Å²) in [6.07, 6.45) is 3.25. The fraction of sp³-hybridized carbons (Fsp3) is 0.571. The van der Waals surface area contributed by atoms with Crippen molar-refractivity contribution in [1.29, 1.82) is 0 Å². The maximum Gasteiger partial charge on any atom is 0.287 e. The predicted molar refractivity (Wildman–Crippen MR) is 74.3 cm³/mol. The van der Waals surface area contributed by atoms with Crippen LogP contribution in [0.25, 0.3) is 0 Å². The SMILES string of the molecule is CC1CC(NC(=O)C(C)NC(=O)c2ccco2)CCN1. The summed E-state index contributed by atoms with van der Waals surface area (Å²) in [5, 5.41) is 8.93. The van der Waals surface area contributed by atoms with E-state index < -0.39 is 6.04 Å². The third-order valence-electron chi connectivity index (χ3n) is 3.46. The van der Waals surface area contributed by atoms with Crippen LogP contribution in [0.15, 0.2) is 22.8 Å². The Morgan fingerprint density at radius 2 is 2.30 bits per heavy atom. The van der Waals surface area contributed by atoms with Crippen LogP contribution in [0.4, 0.5) is 0 Å². The van der Waals surface area contributed by atoms with Crippen molar-refractivity contribution in [2.24, 2.45) is 0 Å². The molecule has 1 aromatic rings. The van der Waals surface area contributed by atoms with E-state index in [4.69, 9.17) is 4.42 Å². The number of carbonyl (C=O) groups excluding carboxylic acids is 2. The van der Waals surface area contributed by atoms with Crippen LogP contribution in [-0.4, -0.2) is 36.5 Å². The summed E-state index contributed by atoms with van der Waals surface area (Å²) in [6.45, 7) is 4.67. The molecule has 110 valence electrons. The van der Waals surface area contributed by atoms with Gasteiger partial charge in [-0.05, 0) is 45.4 Å². The fourth-order valence-electron chi connectivity index (χ4n) is 2.33. The minimum Gasteiger partial charge on any atom is -0.459 e. The molecule has 0 aromatic carbocycles. The Balaban J connectivity index is 1.81. The van der Waals surface area contributed by atoms with Gasteiger partial charge in [0.25, 0.3) is 5.91 Å². The standard InChI is InChI=1S/C14H21N3O3/c1-9-8-11(5-6-15-9)17-13(18)10(2)16-14(19)12-4-3-7-20-12/h3-4,7,9-11,15H,5-6,8H2,1-2H3,(H,16,19)(H,17,18). The highest BCUT2D eigenvalue weighted by Gasteiger charge is 2.23. The highest BCUT2D eigenvalue weighted by molar-refractivity contribution is 5.95. The molecule has 6 nitrogen and oxygen atoms in total. The lowest BCUT2D eigenvalue weighted by Gasteiger charge is -2.29. The molecule has 0 bridgehead atoms. The van der Waals surface area contributed by atoms with Gasteiger partial charge >= 0.3 is 0 Å². The molecular formula is C14H21N3O3. The van der Waals surface area contributed by atoms with Gasteiger partial charge in [-0.2, -0.15) is 0 Å². The maximum atomic E-state index is 12.0. The Bertz CT molecular complexity index is 458. The molecule has 2 rings (SSSR count). The predicted octanol–water partition coefficient (Wildman–Crippen LogP) is 0.655. The van der Waals surface area contributed by atoms with Crippen LogP contribution in [0.2, 0.25) is 0 Å². The molecule has 3 unspecified atom stereocenters. The van der Waals surface area contributed by atoms with E-state index >= 15 is 0 Å². The zero-order valence-electron chi connectivity index (χ0n) is 11.8. The molecule has 2 heterocycles. The summed E-state index contributed by atoms with van der Waals surface area (Å²) >= 11 is 0. The van der Waals surface area contributed by atoms with Crippen molar-refractivity contribution in [2.75, 3.05) is 6.54 Å². The second-order valence-corrected chi connectivity index (χ2v) is 5.26. The van der Waals surface area contributed by atoms with E-state index in [1.807, 2.05) is 0 Å². The molecule has 0 aliphatic carbocycles. The molecule has 20 heavy (non-hydrogen) atoms. The number of furan rings is 1. The first kappa shape index (κ1) is 14.6. The van der Waals surface area contributed by atoms with Gasteiger partial charge in [0.2, 0.25) is 5.91 Å². The number of hydrogen-bond acceptors (Lipinski definition) is 4. The minimum absolute atomic E-state index is 0.163. The van der Waals surface area contributed by atoms with Crippen molar-refractivity contribution in [3.05, 3.63) is 24.2 Å². The Hall–Kier alpha value is -1.82. The van der Waals surface area contributed by atoms with Crippen LogP contribution in [0.3, 0.4) is 0 Å². The van der Waals surface area contributed by atoms with Gasteiger partial charge < -0.3 is 20.4 Å². The summed E-state index contributed by atoms with van der Waals surface area (Å²) in [6, 6.07) is 3.19. The molecule has 1 saturated heterocycles. The lowest BCUT2D eigenvalue weighted by Crippen LogP contribution is -2.52. The first-order chi connectivity index (χ1) is 9.56. The molecule has 1 aliphatic rings. The maximum absolute atomic E-state index is 12.0. The Morgan fingerprint density at radius 1 is 1.50 bits per heavy atom. The topological polar surface area (TPSA) is 83.4 Å². The Morgan fingerprint density at radius 3 is 2.95 bits per heavy atom. The van der Waals surface area contributed by atoms with Crippen molar-refractivity contribution < 1.29 is 14.0 Å². The van der Waals surface area contributed by atoms with Gasteiger partial charge in [0.1, 0.15) is 6.04 Å². The number of amides is 2. The van der Waals surface area contributed by atoms with Crippen molar-refractivity contribution in [2.45, 2.75) is 44.8 Å². The fourth-order valence-corrected chi connectivity index (χ4v) is 2.33. The highest BCUT2D eigenvalue weighted by Crippen LogP contribution is 2.08. The number of piperidine rings is 1. The molecule has 6 heteroatoms. The second kappa shape index (κ2) is 6.56. The summed E-state index contributed by atoms with van der Waals surface area (Å²) < 4.78 is 4.99.